The number of hydrogen-bond donors (Lipinski definition) is 2. The molecule has 1 atom stereocenters. The average Bonchev–Trinajstić information content (AvgIpc) is 2.16. The highest BCUT2D eigenvalue weighted by Crippen LogP contribution is 2.11. The van der Waals surface area contributed by atoms with Gasteiger partial charge in [-0.2, -0.15) is 0 Å². The van der Waals surface area contributed by atoms with Crippen LogP contribution in [0, 0.1) is 0 Å². The van der Waals surface area contributed by atoms with Crippen LogP contribution in [-0.4, -0.2) is 22.3 Å². The van der Waals surface area contributed by atoms with E-state index in [9.17, 15) is 4.79 Å². The Morgan fingerprint density at radius 3 is 2.43 bits per heavy atom. The zero-order chi connectivity index (χ0) is 10.6. The van der Waals surface area contributed by atoms with Crippen LogP contribution in [0.25, 0.3) is 0 Å². The predicted octanol–water partition coefficient (Wildman–Crippen LogP) is 1.72. The second kappa shape index (κ2) is 4.98. The molecule has 0 bridgehead atoms. The van der Waals surface area contributed by atoms with Gasteiger partial charge in [0.25, 0.3) is 0 Å². The van der Waals surface area contributed by atoms with E-state index >= 15 is 0 Å². The first-order chi connectivity index (χ1) is 6.59. The first kappa shape index (κ1) is 11.0. The van der Waals surface area contributed by atoms with Gasteiger partial charge in [-0.15, -0.1) is 0 Å². The summed E-state index contributed by atoms with van der Waals surface area (Å²) < 4.78 is 0. The van der Waals surface area contributed by atoms with Gasteiger partial charge in [-0.1, -0.05) is 23.7 Å². The molecule has 0 aromatic heterocycles. The van der Waals surface area contributed by atoms with Crippen molar-refractivity contribution in [3.63, 3.8) is 0 Å². The van der Waals surface area contributed by atoms with Crippen molar-refractivity contribution in [3.05, 3.63) is 34.9 Å². The Kier molecular flexibility index (Phi) is 3.92. The number of aliphatic hydroxyl groups excluding tert-OH is 1. The molecule has 0 aliphatic carbocycles. The van der Waals surface area contributed by atoms with E-state index in [-0.39, 0.29) is 6.42 Å². The summed E-state index contributed by atoms with van der Waals surface area (Å²) in [6, 6.07) is 7.11. The minimum atomic E-state index is -1.29. The topological polar surface area (TPSA) is 57.5 Å². The number of carboxylic acids is 1. The number of benzene rings is 1. The molecule has 0 amide bonds. The van der Waals surface area contributed by atoms with Crippen LogP contribution < -0.4 is 0 Å². The Hall–Kier alpha value is -1.06. The first-order valence-corrected chi connectivity index (χ1v) is 4.62. The maximum atomic E-state index is 10.3. The van der Waals surface area contributed by atoms with Crippen LogP contribution in [0.5, 0.6) is 0 Å². The monoisotopic (exact) mass is 214 g/mol. The smallest absolute Gasteiger partial charge is 0.332 e. The number of rotatable bonds is 4. The number of aliphatic hydroxyl groups is 1. The molecule has 4 heteroatoms. The third-order valence-electron chi connectivity index (χ3n) is 1.90. The summed E-state index contributed by atoms with van der Waals surface area (Å²) in [6.07, 6.45) is -0.535. The van der Waals surface area contributed by atoms with Gasteiger partial charge in [0.1, 0.15) is 0 Å². The molecule has 0 heterocycles. The fourth-order valence-electron chi connectivity index (χ4n) is 1.08. The van der Waals surface area contributed by atoms with E-state index in [0.717, 1.165) is 5.56 Å². The highest BCUT2D eigenvalue weighted by Gasteiger charge is 2.12. The zero-order valence-electron chi connectivity index (χ0n) is 7.48. The molecule has 0 aliphatic rings. The lowest BCUT2D eigenvalue weighted by Gasteiger charge is -2.04. The second-order valence-corrected chi connectivity index (χ2v) is 3.46. The van der Waals surface area contributed by atoms with E-state index in [4.69, 9.17) is 21.8 Å². The number of aliphatic carboxylic acids is 1. The number of carboxylic acid groups (broad SMARTS) is 1. The van der Waals surface area contributed by atoms with Crippen molar-refractivity contribution in [1.82, 2.24) is 0 Å². The molecule has 14 heavy (non-hydrogen) atoms. The summed E-state index contributed by atoms with van der Waals surface area (Å²) in [7, 11) is 0. The first-order valence-electron chi connectivity index (χ1n) is 4.25. The summed E-state index contributed by atoms with van der Waals surface area (Å²) in [4.78, 5) is 10.3. The third kappa shape index (κ3) is 3.36. The molecule has 3 nitrogen and oxygen atoms in total. The Bertz CT molecular complexity index is 308. The summed E-state index contributed by atoms with van der Waals surface area (Å²) in [6.45, 7) is 0. The van der Waals surface area contributed by atoms with Gasteiger partial charge in [-0.25, -0.2) is 4.79 Å². The van der Waals surface area contributed by atoms with E-state index in [1.165, 1.54) is 0 Å². The van der Waals surface area contributed by atoms with Crippen molar-refractivity contribution in [2.24, 2.45) is 0 Å². The van der Waals surface area contributed by atoms with Crippen molar-refractivity contribution in [1.29, 1.82) is 0 Å². The highest BCUT2D eigenvalue weighted by molar-refractivity contribution is 6.30. The van der Waals surface area contributed by atoms with Gasteiger partial charge in [-0.3, -0.25) is 0 Å². The van der Waals surface area contributed by atoms with Crippen LogP contribution in [0.1, 0.15) is 12.0 Å². The Morgan fingerprint density at radius 1 is 1.36 bits per heavy atom. The van der Waals surface area contributed by atoms with E-state index in [1.807, 2.05) is 12.1 Å². The van der Waals surface area contributed by atoms with Crippen molar-refractivity contribution in [2.75, 3.05) is 0 Å². The standard InChI is InChI=1S/C10H11ClO3/c11-8-4-1-7(2-5-8)3-6-9(12)10(13)14/h1-2,4-5,9,12H,3,6H2,(H,13,14)/t9-/m0/s1. The van der Waals surface area contributed by atoms with Gasteiger partial charge >= 0.3 is 5.97 Å². The number of aryl methyl sites for hydroxylation is 1. The molecule has 1 aromatic rings. The van der Waals surface area contributed by atoms with Gasteiger partial charge in [0.2, 0.25) is 0 Å². The van der Waals surface area contributed by atoms with E-state index in [2.05, 4.69) is 0 Å². The van der Waals surface area contributed by atoms with Gasteiger partial charge in [-0.05, 0) is 30.5 Å². The second-order valence-electron chi connectivity index (χ2n) is 3.02. The molecular weight excluding hydrogens is 204 g/mol. The van der Waals surface area contributed by atoms with Crippen molar-refractivity contribution < 1.29 is 15.0 Å². The SMILES string of the molecule is O=C(O)[C@@H](O)CCc1ccc(Cl)cc1. The minimum Gasteiger partial charge on any atom is -0.479 e. The van der Waals surface area contributed by atoms with Gasteiger partial charge in [0.05, 0.1) is 0 Å². The molecule has 0 unspecified atom stereocenters. The van der Waals surface area contributed by atoms with Crippen LogP contribution in [0.2, 0.25) is 5.02 Å². The van der Waals surface area contributed by atoms with E-state index in [1.54, 1.807) is 12.1 Å². The Morgan fingerprint density at radius 2 is 1.93 bits per heavy atom. The Balaban J connectivity index is 2.46. The molecule has 0 radical (unpaired) electrons. The van der Waals surface area contributed by atoms with Crippen LogP contribution in [0.3, 0.4) is 0 Å². The van der Waals surface area contributed by atoms with Crippen molar-refractivity contribution >= 4 is 17.6 Å². The van der Waals surface area contributed by atoms with E-state index in [0.29, 0.717) is 11.4 Å². The summed E-state index contributed by atoms with van der Waals surface area (Å²) in [5.41, 5.74) is 0.967. The maximum Gasteiger partial charge on any atom is 0.332 e. The predicted molar refractivity (Wildman–Crippen MR) is 53.4 cm³/mol. The number of halogens is 1. The van der Waals surface area contributed by atoms with E-state index < -0.39 is 12.1 Å². The van der Waals surface area contributed by atoms with Gasteiger partial charge < -0.3 is 10.2 Å². The summed E-state index contributed by atoms with van der Waals surface area (Å²) >= 11 is 5.68. The lowest BCUT2D eigenvalue weighted by atomic mass is 10.1. The third-order valence-corrected chi connectivity index (χ3v) is 2.16. The Labute approximate surface area is 86.9 Å². The lowest BCUT2D eigenvalue weighted by Crippen LogP contribution is -2.19. The largest absolute Gasteiger partial charge is 0.479 e. The van der Waals surface area contributed by atoms with Crippen LogP contribution in [0.15, 0.2) is 24.3 Å². The minimum absolute atomic E-state index is 0.219. The van der Waals surface area contributed by atoms with Crippen LogP contribution in [0.4, 0.5) is 0 Å². The molecule has 0 fully saturated rings. The molecule has 1 rings (SSSR count). The van der Waals surface area contributed by atoms with Gasteiger partial charge in [0, 0.05) is 5.02 Å². The highest BCUT2D eigenvalue weighted by atomic mass is 35.5. The lowest BCUT2D eigenvalue weighted by molar-refractivity contribution is -0.146. The zero-order valence-corrected chi connectivity index (χ0v) is 8.24. The van der Waals surface area contributed by atoms with Crippen LogP contribution in [-0.2, 0) is 11.2 Å². The molecule has 0 saturated heterocycles. The molecular formula is C10H11ClO3. The quantitative estimate of drug-likeness (QED) is 0.803. The molecule has 76 valence electrons. The molecule has 0 spiro atoms. The normalized spacial score (nSPS) is 12.4. The molecule has 1 aromatic carbocycles. The van der Waals surface area contributed by atoms with Crippen molar-refractivity contribution in [2.45, 2.75) is 18.9 Å². The maximum absolute atomic E-state index is 10.3. The summed E-state index contributed by atoms with van der Waals surface area (Å²) in [5, 5.41) is 18.1. The van der Waals surface area contributed by atoms with Crippen molar-refractivity contribution in [3.8, 4) is 0 Å². The summed E-state index contributed by atoms with van der Waals surface area (Å²) in [5.74, 6) is -1.18. The average molecular weight is 215 g/mol. The molecule has 0 saturated carbocycles. The van der Waals surface area contributed by atoms with Crippen LogP contribution >= 0.6 is 11.6 Å². The molecule has 2 N–H and O–H groups in total. The molecule has 0 aliphatic heterocycles. The number of carbonyl (C=O) groups is 1. The fraction of sp³-hybridized carbons (Fsp3) is 0.300. The fourth-order valence-corrected chi connectivity index (χ4v) is 1.20. The number of hydrogen-bond acceptors (Lipinski definition) is 2. The van der Waals surface area contributed by atoms with Gasteiger partial charge in [0.15, 0.2) is 6.10 Å².